The molecular formula is C25H24N6O3S. The molecule has 0 saturated heterocycles. The van der Waals surface area contributed by atoms with Crippen molar-refractivity contribution in [3.05, 3.63) is 105 Å². The molecule has 35 heavy (non-hydrogen) atoms. The van der Waals surface area contributed by atoms with E-state index in [1.165, 1.54) is 35.0 Å². The number of carbonyl (C=O) groups is 1. The zero-order chi connectivity index (χ0) is 24.8. The summed E-state index contributed by atoms with van der Waals surface area (Å²) in [5.41, 5.74) is 4.79. The molecule has 0 aliphatic heterocycles. The Hall–Kier alpha value is -4.18. The van der Waals surface area contributed by atoms with E-state index < -0.39 is 4.92 Å². The number of nitrogens with one attached hydrogen (secondary N) is 2. The third kappa shape index (κ3) is 6.04. The second-order valence-corrected chi connectivity index (χ2v) is 8.84. The number of carbonyl (C=O) groups excluding carboxylic acids is 1. The highest BCUT2D eigenvalue weighted by molar-refractivity contribution is 7.98. The highest BCUT2D eigenvalue weighted by atomic mass is 32.2. The smallest absolute Gasteiger partial charge is 0.319 e. The number of nitrogens with zero attached hydrogens (tertiary/aromatic N) is 4. The van der Waals surface area contributed by atoms with E-state index in [9.17, 15) is 14.9 Å². The van der Waals surface area contributed by atoms with Crippen LogP contribution in [0.4, 0.5) is 16.2 Å². The molecule has 0 aliphatic rings. The minimum Gasteiger partial charge on any atom is -0.331 e. The summed E-state index contributed by atoms with van der Waals surface area (Å²) in [7, 11) is 0. The molecule has 2 N–H and O–H groups in total. The van der Waals surface area contributed by atoms with Gasteiger partial charge in [-0.15, -0.1) is 10.2 Å². The molecule has 0 bridgehead atoms. The Morgan fingerprint density at radius 1 is 1.00 bits per heavy atom. The number of aromatic nitrogens is 3. The predicted molar refractivity (Wildman–Crippen MR) is 136 cm³/mol. The van der Waals surface area contributed by atoms with Gasteiger partial charge < -0.3 is 10.6 Å². The number of nitro groups is 1. The number of nitro benzene ring substituents is 1. The van der Waals surface area contributed by atoms with Gasteiger partial charge in [0.1, 0.15) is 0 Å². The topological polar surface area (TPSA) is 115 Å². The quantitative estimate of drug-likeness (QED) is 0.195. The summed E-state index contributed by atoms with van der Waals surface area (Å²) in [6.45, 7) is 4.15. The molecule has 1 aromatic heterocycles. The van der Waals surface area contributed by atoms with Crippen LogP contribution < -0.4 is 10.6 Å². The van der Waals surface area contributed by atoms with Crippen LogP contribution in [0.25, 0.3) is 5.69 Å². The van der Waals surface area contributed by atoms with Crippen LogP contribution >= 0.6 is 11.8 Å². The molecule has 0 aliphatic carbocycles. The van der Waals surface area contributed by atoms with Gasteiger partial charge in [0.15, 0.2) is 11.0 Å². The van der Waals surface area contributed by atoms with Gasteiger partial charge in [-0.3, -0.25) is 14.7 Å². The number of rotatable bonds is 8. The largest absolute Gasteiger partial charge is 0.331 e. The van der Waals surface area contributed by atoms with E-state index in [1.807, 2.05) is 43.3 Å². The Morgan fingerprint density at radius 2 is 1.71 bits per heavy atom. The van der Waals surface area contributed by atoms with E-state index in [4.69, 9.17) is 0 Å². The third-order valence-corrected chi connectivity index (χ3v) is 6.33. The number of benzene rings is 3. The lowest BCUT2D eigenvalue weighted by molar-refractivity contribution is -0.384. The Kier molecular flexibility index (Phi) is 7.41. The first-order valence-electron chi connectivity index (χ1n) is 10.9. The molecule has 9 nitrogen and oxygen atoms in total. The molecule has 178 valence electrons. The molecule has 10 heteroatoms. The lowest BCUT2D eigenvalue weighted by Crippen LogP contribution is -2.29. The molecule has 0 fully saturated rings. The van der Waals surface area contributed by atoms with Crippen LogP contribution in [0.1, 0.15) is 22.5 Å². The van der Waals surface area contributed by atoms with Gasteiger partial charge in [-0.25, -0.2) is 4.79 Å². The molecule has 1 heterocycles. The predicted octanol–water partition coefficient (Wildman–Crippen LogP) is 5.41. The van der Waals surface area contributed by atoms with E-state index in [2.05, 4.69) is 39.9 Å². The lowest BCUT2D eigenvalue weighted by Gasteiger charge is -2.12. The van der Waals surface area contributed by atoms with Crippen molar-refractivity contribution in [3.8, 4) is 5.69 Å². The Bertz CT molecular complexity index is 1340. The molecular weight excluding hydrogens is 464 g/mol. The fourth-order valence-corrected chi connectivity index (χ4v) is 4.42. The zero-order valence-electron chi connectivity index (χ0n) is 19.3. The normalized spacial score (nSPS) is 10.7. The summed E-state index contributed by atoms with van der Waals surface area (Å²) in [5.74, 6) is 1.18. The maximum absolute atomic E-state index is 12.4. The van der Waals surface area contributed by atoms with E-state index in [0.29, 0.717) is 28.1 Å². The van der Waals surface area contributed by atoms with E-state index >= 15 is 0 Å². The average Bonchev–Trinajstić information content (AvgIpc) is 3.26. The van der Waals surface area contributed by atoms with Crippen molar-refractivity contribution in [2.45, 2.75) is 31.3 Å². The van der Waals surface area contributed by atoms with E-state index in [1.54, 1.807) is 16.7 Å². The molecule has 2 amide bonds. The van der Waals surface area contributed by atoms with Crippen molar-refractivity contribution >= 4 is 29.2 Å². The minimum atomic E-state index is -0.443. The first-order chi connectivity index (χ1) is 16.9. The summed E-state index contributed by atoms with van der Waals surface area (Å²) >= 11 is 1.51. The summed E-state index contributed by atoms with van der Waals surface area (Å²) in [4.78, 5) is 23.1. The van der Waals surface area contributed by atoms with E-state index in [0.717, 1.165) is 5.56 Å². The fourth-order valence-electron chi connectivity index (χ4n) is 3.38. The number of urea groups is 1. The highest BCUT2D eigenvalue weighted by Gasteiger charge is 2.17. The first-order valence-corrected chi connectivity index (χ1v) is 11.9. The molecule has 0 spiro atoms. The molecule has 4 rings (SSSR count). The van der Waals surface area contributed by atoms with Crippen LogP contribution in [-0.4, -0.2) is 25.7 Å². The number of hydrogen-bond donors (Lipinski definition) is 2. The number of hydrogen-bond acceptors (Lipinski definition) is 6. The van der Waals surface area contributed by atoms with Crippen LogP contribution in [-0.2, 0) is 12.3 Å². The van der Waals surface area contributed by atoms with Crippen molar-refractivity contribution < 1.29 is 9.72 Å². The van der Waals surface area contributed by atoms with Gasteiger partial charge in [0.25, 0.3) is 5.69 Å². The molecule has 3 aromatic carbocycles. The van der Waals surface area contributed by atoms with E-state index in [-0.39, 0.29) is 18.3 Å². The van der Waals surface area contributed by atoms with Crippen LogP contribution in [0.15, 0.2) is 78.0 Å². The number of aryl methyl sites for hydroxylation is 2. The van der Waals surface area contributed by atoms with Crippen molar-refractivity contribution in [2.75, 3.05) is 5.32 Å². The van der Waals surface area contributed by atoms with Crippen LogP contribution in [0, 0.1) is 24.0 Å². The van der Waals surface area contributed by atoms with Gasteiger partial charge in [-0.2, -0.15) is 0 Å². The second-order valence-electron chi connectivity index (χ2n) is 7.90. The van der Waals surface area contributed by atoms with Crippen molar-refractivity contribution in [3.63, 3.8) is 0 Å². The van der Waals surface area contributed by atoms with Gasteiger partial charge >= 0.3 is 6.03 Å². The Labute approximate surface area is 206 Å². The lowest BCUT2D eigenvalue weighted by atomic mass is 10.1. The van der Waals surface area contributed by atoms with Gasteiger partial charge in [0, 0.05) is 29.3 Å². The summed E-state index contributed by atoms with van der Waals surface area (Å²) in [6.07, 6.45) is 0. The Morgan fingerprint density at radius 3 is 2.40 bits per heavy atom. The second kappa shape index (κ2) is 10.8. The number of non-ortho nitro benzene ring substituents is 1. The number of amides is 2. The molecule has 4 aromatic rings. The Balaban J connectivity index is 1.54. The van der Waals surface area contributed by atoms with Gasteiger partial charge in [0.2, 0.25) is 0 Å². The SMILES string of the molecule is Cc1ccc(NC(=O)NCc2nnc(SCc3ccccc3C)n2-c2ccc([N+](=O)[O-])cc2)cc1. The van der Waals surface area contributed by atoms with Crippen molar-refractivity contribution in [1.82, 2.24) is 20.1 Å². The maximum Gasteiger partial charge on any atom is 0.319 e. The number of thioether (sulfide) groups is 1. The van der Waals surface area contributed by atoms with Gasteiger partial charge in [0.05, 0.1) is 11.5 Å². The van der Waals surface area contributed by atoms with Crippen LogP contribution in [0.2, 0.25) is 0 Å². The molecule has 0 saturated carbocycles. The fraction of sp³-hybridized carbons (Fsp3) is 0.160. The molecule has 0 unspecified atom stereocenters. The van der Waals surface area contributed by atoms with Crippen LogP contribution in [0.5, 0.6) is 0 Å². The summed E-state index contributed by atoms with van der Waals surface area (Å²) in [6, 6.07) is 21.4. The summed E-state index contributed by atoms with van der Waals surface area (Å²) in [5, 5.41) is 25.9. The number of anilines is 1. The van der Waals surface area contributed by atoms with Crippen LogP contribution in [0.3, 0.4) is 0 Å². The van der Waals surface area contributed by atoms with Crippen molar-refractivity contribution in [1.29, 1.82) is 0 Å². The summed E-state index contributed by atoms with van der Waals surface area (Å²) < 4.78 is 1.80. The molecule has 0 radical (unpaired) electrons. The van der Waals surface area contributed by atoms with Gasteiger partial charge in [-0.1, -0.05) is 53.7 Å². The minimum absolute atomic E-state index is 0.00640. The zero-order valence-corrected chi connectivity index (χ0v) is 20.1. The van der Waals surface area contributed by atoms with Gasteiger partial charge in [-0.05, 0) is 49.2 Å². The van der Waals surface area contributed by atoms with Crippen molar-refractivity contribution in [2.24, 2.45) is 0 Å². The molecule has 0 atom stereocenters. The highest BCUT2D eigenvalue weighted by Crippen LogP contribution is 2.27. The standard InChI is InChI=1S/C25H24N6O3S/c1-17-7-9-20(10-8-17)27-24(32)26-15-23-28-29-25(35-16-19-6-4-3-5-18(19)2)30(23)21-11-13-22(14-12-21)31(33)34/h3-14H,15-16H2,1-2H3,(H2,26,27,32). The average molecular weight is 489 g/mol. The monoisotopic (exact) mass is 488 g/mol. The third-order valence-electron chi connectivity index (χ3n) is 5.35. The first kappa shape index (κ1) is 24.0. The maximum atomic E-state index is 12.4.